The zero-order valence-corrected chi connectivity index (χ0v) is 8.93. The molecule has 0 aliphatic rings. The van der Waals surface area contributed by atoms with Crippen molar-refractivity contribution in [3.8, 4) is 5.88 Å². The Morgan fingerprint density at radius 2 is 2.23 bits per heavy atom. The van der Waals surface area contributed by atoms with Gasteiger partial charge in [-0.1, -0.05) is 13.0 Å². The summed E-state index contributed by atoms with van der Waals surface area (Å²) in [4.78, 5) is 4.34. The fourth-order valence-electron chi connectivity index (χ4n) is 0.911. The Hall–Kier alpha value is -0.700. The quantitative estimate of drug-likeness (QED) is 0.677. The first-order chi connectivity index (χ1) is 6.36. The van der Waals surface area contributed by atoms with Crippen molar-refractivity contribution in [2.75, 3.05) is 12.4 Å². The Bertz CT molecular complexity index is 252. The van der Waals surface area contributed by atoms with Crippen molar-refractivity contribution >= 4 is 11.8 Å². The van der Waals surface area contributed by atoms with Crippen LogP contribution in [0.15, 0.2) is 23.2 Å². The molecule has 0 amide bonds. The van der Waals surface area contributed by atoms with Crippen molar-refractivity contribution in [2.45, 2.75) is 25.3 Å². The molecule has 72 valence electrons. The third-order valence-corrected chi connectivity index (χ3v) is 2.58. The van der Waals surface area contributed by atoms with E-state index >= 15 is 0 Å². The first-order valence-electron chi connectivity index (χ1n) is 4.59. The first-order valence-corrected chi connectivity index (χ1v) is 5.58. The lowest BCUT2D eigenvalue weighted by Crippen LogP contribution is -1.94. The molecule has 1 aromatic heterocycles. The van der Waals surface area contributed by atoms with E-state index in [1.165, 1.54) is 6.42 Å². The standard InChI is InChI=1S/C10H15NOS/c1-3-8-13-10-7-5-6-9(11-10)12-4-2/h5-7H,3-4,8H2,1-2H3. The molecule has 0 atom stereocenters. The molecule has 0 aromatic carbocycles. The maximum atomic E-state index is 5.30. The van der Waals surface area contributed by atoms with E-state index in [0.29, 0.717) is 6.61 Å². The molecule has 0 saturated heterocycles. The van der Waals surface area contributed by atoms with E-state index < -0.39 is 0 Å². The largest absolute Gasteiger partial charge is 0.478 e. The summed E-state index contributed by atoms with van der Waals surface area (Å²) >= 11 is 1.77. The van der Waals surface area contributed by atoms with Crippen molar-refractivity contribution in [1.82, 2.24) is 4.98 Å². The van der Waals surface area contributed by atoms with Crippen molar-refractivity contribution in [2.24, 2.45) is 0 Å². The smallest absolute Gasteiger partial charge is 0.214 e. The molecule has 2 nitrogen and oxygen atoms in total. The van der Waals surface area contributed by atoms with Crippen LogP contribution in [0, 0.1) is 0 Å². The highest BCUT2D eigenvalue weighted by Gasteiger charge is 1.97. The van der Waals surface area contributed by atoms with Gasteiger partial charge < -0.3 is 4.74 Å². The van der Waals surface area contributed by atoms with Crippen LogP contribution in [0.3, 0.4) is 0 Å². The van der Waals surface area contributed by atoms with Gasteiger partial charge in [0, 0.05) is 6.07 Å². The van der Waals surface area contributed by atoms with E-state index in [-0.39, 0.29) is 0 Å². The molecule has 0 fully saturated rings. The number of aromatic nitrogens is 1. The summed E-state index contributed by atoms with van der Waals surface area (Å²) in [6.45, 7) is 4.81. The fourth-order valence-corrected chi connectivity index (χ4v) is 1.65. The number of nitrogens with zero attached hydrogens (tertiary/aromatic N) is 1. The maximum Gasteiger partial charge on any atom is 0.214 e. The Labute approximate surface area is 83.7 Å². The number of thioether (sulfide) groups is 1. The average Bonchev–Trinajstić information content (AvgIpc) is 2.16. The van der Waals surface area contributed by atoms with Crippen LogP contribution < -0.4 is 4.74 Å². The zero-order chi connectivity index (χ0) is 9.52. The summed E-state index contributed by atoms with van der Waals surface area (Å²) < 4.78 is 5.30. The Morgan fingerprint density at radius 1 is 1.38 bits per heavy atom. The molecule has 0 N–H and O–H groups in total. The minimum absolute atomic E-state index is 0.675. The van der Waals surface area contributed by atoms with Crippen LogP contribution in [0.5, 0.6) is 5.88 Å². The lowest BCUT2D eigenvalue weighted by molar-refractivity contribution is 0.324. The van der Waals surface area contributed by atoms with Gasteiger partial charge in [0.2, 0.25) is 5.88 Å². The number of hydrogen-bond acceptors (Lipinski definition) is 3. The minimum Gasteiger partial charge on any atom is -0.478 e. The fraction of sp³-hybridized carbons (Fsp3) is 0.500. The SMILES string of the molecule is CCCSc1cccc(OCC)n1. The maximum absolute atomic E-state index is 5.30. The number of hydrogen-bond donors (Lipinski definition) is 0. The lowest BCUT2D eigenvalue weighted by atomic mass is 10.5. The molecule has 0 unspecified atom stereocenters. The third kappa shape index (κ3) is 3.68. The summed E-state index contributed by atoms with van der Waals surface area (Å²) in [5, 5.41) is 1.05. The highest BCUT2D eigenvalue weighted by Crippen LogP contribution is 2.18. The number of rotatable bonds is 5. The molecule has 0 radical (unpaired) electrons. The second-order valence-corrected chi connectivity index (χ2v) is 3.71. The predicted octanol–water partition coefficient (Wildman–Crippen LogP) is 2.98. The van der Waals surface area contributed by atoms with Crippen LogP contribution >= 0.6 is 11.8 Å². The van der Waals surface area contributed by atoms with Gasteiger partial charge in [0.25, 0.3) is 0 Å². The third-order valence-electron chi connectivity index (χ3n) is 1.44. The van der Waals surface area contributed by atoms with Crippen molar-refractivity contribution in [3.63, 3.8) is 0 Å². The summed E-state index contributed by atoms with van der Waals surface area (Å²) in [6.07, 6.45) is 1.17. The number of pyridine rings is 1. The monoisotopic (exact) mass is 197 g/mol. The first kappa shape index (κ1) is 10.4. The summed E-state index contributed by atoms with van der Waals surface area (Å²) in [7, 11) is 0. The molecule has 0 aliphatic heterocycles. The molecule has 1 heterocycles. The summed E-state index contributed by atoms with van der Waals surface area (Å²) in [6, 6.07) is 5.89. The molecular weight excluding hydrogens is 182 g/mol. The van der Waals surface area contributed by atoms with Gasteiger partial charge in [-0.15, -0.1) is 11.8 Å². The normalized spacial score (nSPS) is 10.0. The summed E-state index contributed by atoms with van der Waals surface area (Å²) in [5.74, 6) is 1.84. The van der Waals surface area contributed by atoms with E-state index in [1.807, 2.05) is 25.1 Å². The van der Waals surface area contributed by atoms with Gasteiger partial charge in [0.05, 0.1) is 6.61 Å². The Morgan fingerprint density at radius 3 is 2.92 bits per heavy atom. The molecule has 0 saturated carbocycles. The topological polar surface area (TPSA) is 22.1 Å². The van der Waals surface area contributed by atoms with Gasteiger partial charge in [-0.25, -0.2) is 4.98 Å². The average molecular weight is 197 g/mol. The molecular formula is C10H15NOS. The van der Waals surface area contributed by atoms with Gasteiger partial charge in [-0.3, -0.25) is 0 Å². The predicted molar refractivity (Wildman–Crippen MR) is 56.4 cm³/mol. The van der Waals surface area contributed by atoms with Crippen LogP contribution in [0.25, 0.3) is 0 Å². The van der Waals surface area contributed by atoms with Crippen LogP contribution in [0.2, 0.25) is 0 Å². The van der Waals surface area contributed by atoms with Gasteiger partial charge in [0.15, 0.2) is 0 Å². The van der Waals surface area contributed by atoms with Gasteiger partial charge in [-0.05, 0) is 25.2 Å². The van der Waals surface area contributed by atoms with Crippen LogP contribution in [0.4, 0.5) is 0 Å². The molecule has 13 heavy (non-hydrogen) atoms. The van der Waals surface area contributed by atoms with Crippen molar-refractivity contribution in [1.29, 1.82) is 0 Å². The van der Waals surface area contributed by atoms with Crippen LogP contribution in [-0.4, -0.2) is 17.3 Å². The molecule has 3 heteroatoms. The van der Waals surface area contributed by atoms with E-state index in [4.69, 9.17) is 4.74 Å². The lowest BCUT2D eigenvalue weighted by Gasteiger charge is -2.03. The van der Waals surface area contributed by atoms with Crippen molar-refractivity contribution < 1.29 is 4.74 Å². The molecule has 0 aliphatic carbocycles. The molecule has 1 rings (SSSR count). The summed E-state index contributed by atoms with van der Waals surface area (Å²) in [5.41, 5.74) is 0. The molecule has 0 spiro atoms. The van der Waals surface area contributed by atoms with Gasteiger partial charge >= 0.3 is 0 Å². The second kappa shape index (κ2) is 5.86. The Kier molecular flexibility index (Phi) is 4.68. The van der Waals surface area contributed by atoms with E-state index in [0.717, 1.165) is 16.7 Å². The van der Waals surface area contributed by atoms with Crippen molar-refractivity contribution in [3.05, 3.63) is 18.2 Å². The minimum atomic E-state index is 0.675. The number of ether oxygens (including phenoxy) is 1. The highest BCUT2D eigenvalue weighted by molar-refractivity contribution is 7.99. The molecule has 1 aromatic rings. The van der Waals surface area contributed by atoms with Gasteiger partial charge in [-0.2, -0.15) is 0 Å². The van der Waals surface area contributed by atoms with Gasteiger partial charge in [0.1, 0.15) is 5.03 Å². The van der Waals surface area contributed by atoms with E-state index in [1.54, 1.807) is 11.8 Å². The van der Waals surface area contributed by atoms with E-state index in [2.05, 4.69) is 11.9 Å². The molecule has 0 bridgehead atoms. The van der Waals surface area contributed by atoms with Crippen LogP contribution in [-0.2, 0) is 0 Å². The second-order valence-electron chi connectivity index (χ2n) is 2.60. The highest BCUT2D eigenvalue weighted by atomic mass is 32.2. The zero-order valence-electron chi connectivity index (χ0n) is 8.12. The van der Waals surface area contributed by atoms with E-state index in [9.17, 15) is 0 Å². The Balaban J connectivity index is 2.56. The van der Waals surface area contributed by atoms with Crippen LogP contribution in [0.1, 0.15) is 20.3 Å².